The molecule has 0 heterocycles. The third kappa shape index (κ3) is 3.32. The summed E-state index contributed by atoms with van der Waals surface area (Å²) in [7, 11) is 1.70. The highest BCUT2D eigenvalue weighted by molar-refractivity contribution is 9.10. The monoisotopic (exact) mass is 325 g/mol. The Bertz CT molecular complexity index is 440. The van der Waals surface area contributed by atoms with Gasteiger partial charge < -0.3 is 10.1 Å². The van der Waals surface area contributed by atoms with E-state index in [0.717, 1.165) is 22.7 Å². The van der Waals surface area contributed by atoms with Gasteiger partial charge in [-0.25, -0.2) is 0 Å². The number of nitrogens with one attached hydrogen (secondary N) is 1. The van der Waals surface area contributed by atoms with Crippen LogP contribution in [0.25, 0.3) is 0 Å². The molecule has 1 aliphatic carbocycles. The summed E-state index contributed by atoms with van der Waals surface area (Å²) in [4.78, 5) is 0. The maximum Gasteiger partial charge on any atom is 0.133 e. The van der Waals surface area contributed by atoms with Crippen LogP contribution in [0.4, 0.5) is 0 Å². The summed E-state index contributed by atoms with van der Waals surface area (Å²) in [5, 5.41) is 3.69. The first kappa shape index (κ1) is 14.9. The van der Waals surface area contributed by atoms with Crippen molar-refractivity contribution in [3.05, 3.63) is 28.2 Å². The van der Waals surface area contributed by atoms with Crippen molar-refractivity contribution in [1.82, 2.24) is 5.32 Å². The van der Waals surface area contributed by atoms with Crippen molar-refractivity contribution < 1.29 is 4.74 Å². The molecule has 1 aromatic rings. The summed E-state index contributed by atoms with van der Waals surface area (Å²) in [6.45, 7) is 8.02. The van der Waals surface area contributed by atoms with Gasteiger partial charge >= 0.3 is 0 Å². The van der Waals surface area contributed by atoms with Crippen LogP contribution in [-0.2, 0) is 0 Å². The summed E-state index contributed by atoms with van der Waals surface area (Å²) in [5.74, 6) is 1.66. The zero-order chi connectivity index (χ0) is 14.0. The lowest BCUT2D eigenvalue weighted by atomic mass is 9.92. The molecule has 19 heavy (non-hydrogen) atoms. The largest absolute Gasteiger partial charge is 0.496 e. The molecular formula is C16H24BrNO. The maximum absolute atomic E-state index is 5.27. The van der Waals surface area contributed by atoms with Gasteiger partial charge in [0, 0.05) is 12.6 Å². The van der Waals surface area contributed by atoms with E-state index in [2.05, 4.69) is 54.2 Å². The van der Waals surface area contributed by atoms with E-state index in [4.69, 9.17) is 4.74 Å². The molecule has 1 N–H and O–H groups in total. The molecule has 1 fully saturated rings. The zero-order valence-electron chi connectivity index (χ0n) is 12.3. The Hall–Kier alpha value is -0.540. The van der Waals surface area contributed by atoms with Crippen LogP contribution in [-0.4, -0.2) is 13.7 Å². The van der Waals surface area contributed by atoms with Gasteiger partial charge in [-0.3, -0.25) is 0 Å². The number of rotatable bonds is 6. The van der Waals surface area contributed by atoms with Crippen LogP contribution < -0.4 is 10.1 Å². The molecule has 0 saturated heterocycles. The molecule has 3 heteroatoms. The number of halogens is 1. The number of ether oxygens (including phenoxy) is 1. The molecule has 0 radical (unpaired) electrons. The average molecular weight is 326 g/mol. The van der Waals surface area contributed by atoms with Gasteiger partial charge in [-0.15, -0.1) is 0 Å². The molecule has 0 amide bonds. The fourth-order valence-corrected chi connectivity index (χ4v) is 3.10. The minimum Gasteiger partial charge on any atom is -0.496 e. The molecule has 2 rings (SSSR count). The van der Waals surface area contributed by atoms with Crippen LogP contribution in [0.15, 0.2) is 22.7 Å². The SMILES string of the molecule is COc1ccc(C(C)NCC2(C(C)C)CC2)cc1Br. The van der Waals surface area contributed by atoms with Crippen LogP contribution in [0.3, 0.4) is 0 Å². The van der Waals surface area contributed by atoms with Gasteiger partial charge in [0.2, 0.25) is 0 Å². The van der Waals surface area contributed by atoms with Crippen LogP contribution in [0.2, 0.25) is 0 Å². The third-order valence-corrected chi connectivity index (χ3v) is 5.17. The second kappa shape index (κ2) is 5.84. The minimum atomic E-state index is 0.374. The van der Waals surface area contributed by atoms with Crippen molar-refractivity contribution in [2.45, 2.75) is 39.7 Å². The first-order valence-electron chi connectivity index (χ1n) is 7.05. The molecule has 0 spiro atoms. The van der Waals surface area contributed by atoms with E-state index in [-0.39, 0.29) is 0 Å². The molecular weight excluding hydrogens is 302 g/mol. The van der Waals surface area contributed by atoms with Crippen molar-refractivity contribution >= 4 is 15.9 Å². The van der Waals surface area contributed by atoms with E-state index in [1.807, 2.05) is 6.07 Å². The van der Waals surface area contributed by atoms with Crippen molar-refractivity contribution in [2.75, 3.05) is 13.7 Å². The lowest BCUT2D eigenvalue weighted by Gasteiger charge is -2.23. The zero-order valence-corrected chi connectivity index (χ0v) is 13.9. The van der Waals surface area contributed by atoms with E-state index in [0.29, 0.717) is 11.5 Å². The number of hydrogen-bond acceptors (Lipinski definition) is 2. The van der Waals surface area contributed by atoms with Crippen molar-refractivity contribution in [1.29, 1.82) is 0 Å². The molecule has 1 aliphatic rings. The molecule has 1 unspecified atom stereocenters. The molecule has 2 nitrogen and oxygen atoms in total. The summed E-state index contributed by atoms with van der Waals surface area (Å²) in [6, 6.07) is 6.67. The highest BCUT2D eigenvalue weighted by atomic mass is 79.9. The highest BCUT2D eigenvalue weighted by Crippen LogP contribution is 2.51. The average Bonchev–Trinajstić information content (AvgIpc) is 3.17. The van der Waals surface area contributed by atoms with Gasteiger partial charge in [-0.05, 0) is 64.7 Å². The molecule has 0 aliphatic heterocycles. The summed E-state index contributed by atoms with van der Waals surface area (Å²) < 4.78 is 6.29. The second-order valence-corrected chi connectivity index (χ2v) is 6.87. The lowest BCUT2D eigenvalue weighted by Crippen LogP contribution is -2.29. The smallest absolute Gasteiger partial charge is 0.133 e. The van der Waals surface area contributed by atoms with Gasteiger partial charge in [0.25, 0.3) is 0 Å². The normalized spacial score (nSPS) is 18.4. The molecule has 106 valence electrons. The summed E-state index contributed by atoms with van der Waals surface area (Å²) >= 11 is 3.55. The van der Waals surface area contributed by atoms with E-state index >= 15 is 0 Å². The van der Waals surface area contributed by atoms with E-state index in [1.165, 1.54) is 18.4 Å². The molecule has 0 bridgehead atoms. The van der Waals surface area contributed by atoms with Crippen LogP contribution in [0, 0.1) is 11.3 Å². The van der Waals surface area contributed by atoms with Crippen LogP contribution in [0.1, 0.15) is 45.2 Å². The first-order valence-corrected chi connectivity index (χ1v) is 7.84. The number of methoxy groups -OCH3 is 1. The number of hydrogen-bond donors (Lipinski definition) is 1. The van der Waals surface area contributed by atoms with Gasteiger partial charge in [-0.2, -0.15) is 0 Å². The Kier molecular flexibility index (Phi) is 4.57. The van der Waals surface area contributed by atoms with E-state index in [1.54, 1.807) is 7.11 Å². The minimum absolute atomic E-state index is 0.374. The van der Waals surface area contributed by atoms with E-state index in [9.17, 15) is 0 Å². The molecule has 1 saturated carbocycles. The Morgan fingerprint density at radius 2 is 2.00 bits per heavy atom. The predicted molar refractivity (Wildman–Crippen MR) is 83.6 cm³/mol. The second-order valence-electron chi connectivity index (χ2n) is 6.01. The number of benzene rings is 1. The Morgan fingerprint density at radius 1 is 1.32 bits per heavy atom. The lowest BCUT2D eigenvalue weighted by molar-refractivity contribution is 0.325. The van der Waals surface area contributed by atoms with Crippen molar-refractivity contribution in [3.8, 4) is 5.75 Å². The quantitative estimate of drug-likeness (QED) is 0.828. The highest BCUT2D eigenvalue weighted by Gasteiger charge is 2.44. The molecule has 1 atom stereocenters. The maximum atomic E-state index is 5.27. The predicted octanol–water partition coefficient (Wildman–Crippen LogP) is 4.54. The van der Waals surface area contributed by atoms with Crippen molar-refractivity contribution in [3.63, 3.8) is 0 Å². The molecule has 1 aromatic carbocycles. The van der Waals surface area contributed by atoms with Gasteiger partial charge in [0.05, 0.1) is 11.6 Å². The van der Waals surface area contributed by atoms with Crippen LogP contribution >= 0.6 is 15.9 Å². The Balaban J connectivity index is 1.96. The Morgan fingerprint density at radius 3 is 2.47 bits per heavy atom. The first-order chi connectivity index (χ1) is 8.98. The summed E-state index contributed by atoms with van der Waals surface area (Å²) in [5.41, 5.74) is 1.85. The van der Waals surface area contributed by atoms with Gasteiger partial charge in [0.1, 0.15) is 5.75 Å². The van der Waals surface area contributed by atoms with E-state index < -0.39 is 0 Å². The fraction of sp³-hybridized carbons (Fsp3) is 0.625. The Labute approximate surface area is 125 Å². The van der Waals surface area contributed by atoms with Crippen LogP contribution in [0.5, 0.6) is 5.75 Å². The van der Waals surface area contributed by atoms with Gasteiger partial charge in [-0.1, -0.05) is 19.9 Å². The topological polar surface area (TPSA) is 21.3 Å². The summed E-state index contributed by atoms with van der Waals surface area (Å²) in [6.07, 6.45) is 2.74. The fourth-order valence-electron chi connectivity index (χ4n) is 2.54. The third-order valence-electron chi connectivity index (χ3n) is 4.55. The standard InChI is InChI=1S/C16H24BrNO/c1-11(2)16(7-8-16)10-18-12(3)13-5-6-15(19-4)14(17)9-13/h5-6,9,11-12,18H,7-8,10H2,1-4H3. The molecule has 0 aromatic heterocycles. The van der Waals surface area contributed by atoms with Crippen molar-refractivity contribution in [2.24, 2.45) is 11.3 Å². The van der Waals surface area contributed by atoms with Gasteiger partial charge in [0.15, 0.2) is 0 Å².